The van der Waals surface area contributed by atoms with Crippen LogP contribution < -0.4 is 16.4 Å². The third kappa shape index (κ3) is 2.55. The SMILES string of the molecule is CCN(C)c1nc2sc(C(N)=O)c(N)c2c2c1CCC(C)(C)C2. The van der Waals surface area contributed by atoms with E-state index in [4.69, 9.17) is 16.5 Å². The number of thiophene rings is 1. The molecule has 0 atom stereocenters. The highest BCUT2D eigenvalue weighted by Gasteiger charge is 2.32. The number of hydrogen-bond acceptors (Lipinski definition) is 5. The van der Waals surface area contributed by atoms with E-state index >= 15 is 0 Å². The number of primary amides is 1. The number of nitrogen functional groups attached to an aromatic ring is 1. The van der Waals surface area contributed by atoms with Gasteiger partial charge in [-0.3, -0.25) is 4.79 Å². The van der Waals surface area contributed by atoms with Crippen LogP contribution >= 0.6 is 11.3 Å². The van der Waals surface area contributed by atoms with Crippen molar-refractivity contribution in [1.29, 1.82) is 0 Å². The Bertz CT molecular complexity index is 794. The molecule has 6 heteroatoms. The van der Waals surface area contributed by atoms with Crippen LogP contribution in [0.3, 0.4) is 0 Å². The molecule has 0 spiro atoms. The van der Waals surface area contributed by atoms with Crippen LogP contribution in [0.25, 0.3) is 10.2 Å². The Labute approximate surface area is 140 Å². The van der Waals surface area contributed by atoms with E-state index in [1.165, 1.54) is 22.5 Å². The summed E-state index contributed by atoms with van der Waals surface area (Å²) in [4.78, 5) is 19.9. The first-order chi connectivity index (χ1) is 10.7. The lowest BCUT2D eigenvalue weighted by Crippen LogP contribution is -2.26. The third-order valence-corrected chi connectivity index (χ3v) is 5.95. The van der Waals surface area contributed by atoms with Crippen LogP contribution in [-0.4, -0.2) is 24.5 Å². The van der Waals surface area contributed by atoms with Crippen molar-refractivity contribution in [1.82, 2.24) is 4.98 Å². The van der Waals surface area contributed by atoms with Gasteiger partial charge in [0.2, 0.25) is 0 Å². The Hall–Kier alpha value is -1.82. The highest BCUT2D eigenvalue weighted by Crippen LogP contribution is 2.45. The number of nitrogens with two attached hydrogens (primary N) is 2. The number of carbonyl (C=O) groups is 1. The minimum Gasteiger partial charge on any atom is -0.397 e. The fourth-order valence-electron chi connectivity index (χ4n) is 3.39. The first kappa shape index (κ1) is 16.1. The van der Waals surface area contributed by atoms with Crippen molar-refractivity contribution in [2.24, 2.45) is 11.1 Å². The molecule has 3 rings (SSSR count). The Morgan fingerprint density at radius 1 is 1.39 bits per heavy atom. The molecular formula is C17H24N4OS. The third-order valence-electron chi connectivity index (χ3n) is 4.84. The fourth-order valence-corrected chi connectivity index (χ4v) is 4.36. The van der Waals surface area contributed by atoms with Gasteiger partial charge in [-0.25, -0.2) is 4.98 Å². The summed E-state index contributed by atoms with van der Waals surface area (Å²) in [6.45, 7) is 7.56. The molecule has 0 aromatic carbocycles. The maximum absolute atomic E-state index is 11.7. The second-order valence-corrected chi connectivity index (χ2v) is 8.14. The molecular weight excluding hydrogens is 308 g/mol. The van der Waals surface area contributed by atoms with Gasteiger partial charge in [-0.15, -0.1) is 11.3 Å². The number of nitrogens with zero attached hydrogens (tertiary/aromatic N) is 2. The van der Waals surface area contributed by atoms with E-state index in [2.05, 4.69) is 32.7 Å². The number of amides is 1. The van der Waals surface area contributed by atoms with Crippen molar-refractivity contribution in [2.45, 2.75) is 40.0 Å². The minimum atomic E-state index is -0.472. The molecule has 1 aliphatic rings. The summed E-state index contributed by atoms with van der Waals surface area (Å²) in [5.41, 5.74) is 15.0. The van der Waals surface area contributed by atoms with Gasteiger partial charge in [0.1, 0.15) is 15.5 Å². The van der Waals surface area contributed by atoms with Crippen LogP contribution in [0.4, 0.5) is 11.5 Å². The molecule has 4 N–H and O–H groups in total. The van der Waals surface area contributed by atoms with Gasteiger partial charge in [0, 0.05) is 19.0 Å². The molecule has 5 nitrogen and oxygen atoms in total. The predicted molar refractivity (Wildman–Crippen MR) is 97.3 cm³/mol. The summed E-state index contributed by atoms with van der Waals surface area (Å²) in [5, 5.41) is 0.944. The van der Waals surface area contributed by atoms with E-state index in [9.17, 15) is 4.79 Å². The first-order valence-corrected chi connectivity index (χ1v) is 8.81. The summed E-state index contributed by atoms with van der Waals surface area (Å²) in [5.74, 6) is 0.544. The molecule has 2 heterocycles. The van der Waals surface area contributed by atoms with Crippen molar-refractivity contribution in [2.75, 3.05) is 24.2 Å². The molecule has 0 saturated heterocycles. The van der Waals surface area contributed by atoms with E-state index < -0.39 is 5.91 Å². The van der Waals surface area contributed by atoms with Crippen LogP contribution in [0.5, 0.6) is 0 Å². The molecule has 1 amide bonds. The zero-order valence-electron chi connectivity index (χ0n) is 14.2. The largest absolute Gasteiger partial charge is 0.397 e. The van der Waals surface area contributed by atoms with E-state index in [-0.39, 0.29) is 5.41 Å². The Balaban J connectivity index is 2.35. The lowest BCUT2D eigenvalue weighted by atomic mass is 9.73. The number of rotatable bonds is 3. The number of fused-ring (bicyclic) bond motifs is 3. The zero-order valence-corrected chi connectivity index (χ0v) is 15.0. The van der Waals surface area contributed by atoms with Gasteiger partial charge in [-0.1, -0.05) is 13.8 Å². The minimum absolute atomic E-state index is 0.227. The van der Waals surface area contributed by atoms with Gasteiger partial charge in [0.25, 0.3) is 5.91 Å². The molecule has 2 aromatic rings. The van der Waals surface area contributed by atoms with Crippen LogP contribution in [0.2, 0.25) is 0 Å². The van der Waals surface area contributed by atoms with Gasteiger partial charge in [0.05, 0.1) is 5.69 Å². The first-order valence-electron chi connectivity index (χ1n) is 8.00. The second-order valence-electron chi connectivity index (χ2n) is 7.14. The second kappa shape index (κ2) is 5.37. The van der Waals surface area contributed by atoms with Gasteiger partial charge in [-0.2, -0.15) is 0 Å². The molecule has 0 fully saturated rings. The van der Waals surface area contributed by atoms with Crippen LogP contribution in [0.15, 0.2) is 0 Å². The number of anilines is 2. The van der Waals surface area contributed by atoms with E-state index in [0.717, 1.165) is 41.8 Å². The standard InChI is InChI=1S/C17H24N4OS/c1-5-21(4)15-9-6-7-17(2,3)8-10(9)11-12(18)13(14(19)22)23-16(11)20-15/h5-8,18H2,1-4H3,(H2,19,22). The number of carbonyl (C=O) groups excluding carboxylic acids is 1. The lowest BCUT2D eigenvalue weighted by molar-refractivity contribution is 0.100. The summed E-state index contributed by atoms with van der Waals surface area (Å²) in [7, 11) is 2.06. The lowest BCUT2D eigenvalue weighted by Gasteiger charge is -2.34. The number of pyridine rings is 1. The smallest absolute Gasteiger partial charge is 0.260 e. The summed E-state index contributed by atoms with van der Waals surface area (Å²) in [6.07, 6.45) is 3.07. The van der Waals surface area contributed by atoms with E-state index in [1.54, 1.807) is 0 Å². The molecule has 0 saturated carbocycles. The molecule has 1 aliphatic carbocycles. The molecule has 2 aromatic heterocycles. The maximum atomic E-state index is 11.7. The van der Waals surface area contributed by atoms with E-state index in [0.29, 0.717) is 10.6 Å². The average molecular weight is 332 g/mol. The van der Waals surface area contributed by atoms with Crippen LogP contribution in [0, 0.1) is 5.41 Å². The molecule has 23 heavy (non-hydrogen) atoms. The Kier molecular flexibility index (Phi) is 3.75. The highest BCUT2D eigenvalue weighted by molar-refractivity contribution is 7.21. The normalized spacial score (nSPS) is 16.3. The molecule has 0 aliphatic heterocycles. The summed E-state index contributed by atoms with van der Waals surface area (Å²) >= 11 is 1.31. The van der Waals surface area contributed by atoms with Gasteiger partial charge in [0.15, 0.2) is 0 Å². The topological polar surface area (TPSA) is 85.2 Å². The molecule has 0 radical (unpaired) electrons. The van der Waals surface area contributed by atoms with Crippen molar-refractivity contribution in [3.05, 3.63) is 16.0 Å². The number of hydrogen-bond donors (Lipinski definition) is 2. The average Bonchev–Trinajstić information content (AvgIpc) is 2.82. The summed E-state index contributed by atoms with van der Waals surface area (Å²) < 4.78 is 0. The Morgan fingerprint density at radius 2 is 2.09 bits per heavy atom. The van der Waals surface area contributed by atoms with Gasteiger partial charge in [-0.05, 0) is 42.7 Å². The molecule has 0 unspecified atom stereocenters. The fraction of sp³-hybridized carbons (Fsp3) is 0.529. The van der Waals surface area contributed by atoms with Crippen molar-refractivity contribution < 1.29 is 4.79 Å². The van der Waals surface area contributed by atoms with Gasteiger partial charge >= 0.3 is 0 Å². The van der Waals surface area contributed by atoms with Gasteiger partial charge < -0.3 is 16.4 Å². The number of aromatic nitrogens is 1. The zero-order chi connectivity index (χ0) is 16.9. The summed E-state index contributed by atoms with van der Waals surface area (Å²) in [6, 6.07) is 0. The van der Waals surface area contributed by atoms with Crippen LogP contribution in [-0.2, 0) is 12.8 Å². The van der Waals surface area contributed by atoms with Crippen molar-refractivity contribution in [3.8, 4) is 0 Å². The Morgan fingerprint density at radius 3 is 2.70 bits per heavy atom. The van der Waals surface area contributed by atoms with E-state index in [1.807, 2.05) is 0 Å². The quantitative estimate of drug-likeness (QED) is 0.905. The van der Waals surface area contributed by atoms with Crippen molar-refractivity contribution in [3.63, 3.8) is 0 Å². The highest BCUT2D eigenvalue weighted by atomic mass is 32.1. The van der Waals surface area contributed by atoms with Crippen molar-refractivity contribution >= 4 is 39.0 Å². The predicted octanol–water partition coefficient (Wildman–Crippen LogP) is 2.95. The molecule has 124 valence electrons. The monoisotopic (exact) mass is 332 g/mol. The maximum Gasteiger partial charge on any atom is 0.260 e. The molecule has 0 bridgehead atoms. The van der Waals surface area contributed by atoms with Crippen LogP contribution in [0.1, 0.15) is 48.0 Å².